The molecular formula is C28H42N4O4S2. The van der Waals surface area contributed by atoms with Crippen LogP contribution < -0.4 is 5.32 Å². The number of nitrogens with zero attached hydrogens (tertiary/aromatic N) is 3. The molecule has 0 spiro atoms. The van der Waals surface area contributed by atoms with E-state index in [4.69, 9.17) is 0 Å². The fraction of sp³-hybridized carbons (Fsp3) is 0.571. The number of carbonyl (C=O) groups is 2. The lowest BCUT2D eigenvalue weighted by molar-refractivity contribution is 0.0772. The number of hydrogen-bond acceptors (Lipinski definition) is 6. The zero-order valence-electron chi connectivity index (χ0n) is 23.4. The first-order valence-corrected chi connectivity index (χ1v) is 16.0. The van der Waals surface area contributed by atoms with Crippen LogP contribution in [0.4, 0.5) is 5.00 Å². The Morgan fingerprint density at radius 1 is 1.00 bits per heavy atom. The third kappa shape index (κ3) is 6.65. The van der Waals surface area contributed by atoms with Crippen molar-refractivity contribution in [1.29, 1.82) is 0 Å². The number of benzene rings is 1. The minimum absolute atomic E-state index is 0.0556. The van der Waals surface area contributed by atoms with Gasteiger partial charge in [-0.2, -0.15) is 4.31 Å². The summed E-state index contributed by atoms with van der Waals surface area (Å²) < 4.78 is 27.6. The van der Waals surface area contributed by atoms with Gasteiger partial charge in [0.1, 0.15) is 5.00 Å². The fourth-order valence-corrected chi connectivity index (χ4v) is 7.60. The Labute approximate surface area is 232 Å². The third-order valence-electron chi connectivity index (χ3n) is 7.04. The molecular weight excluding hydrogens is 520 g/mol. The van der Waals surface area contributed by atoms with E-state index in [1.807, 2.05) is 27.7 Å². The summed E-state index contributed by atoms with van der Waals surface area (Å²) >= 11 is 1.48. The number of rotatable bonds is 13. The molecule has 210 valence electrons. The van der Waals surface area contributed by atoms with Gasteiger partial charge in [0.15, 0.2) is 0 Å². The van der Waals surface area contributed by atoms with E-state index in [9.17, 15) is 18.0 Å². The lowest BCUT2D eigenvalue weighted by Gasteiger charge is -2.27. The number of unbranched alkanes of at least 4 members (excludes halogenated alkanes) is 1. The van der Waals surface area contributed by atoms with Crippen molar-refractivity contribution in [3.05, 3.63) is 45.8 Å². The van der Waals surface area contributed by atoms with Crippen molar-refractivity contribution in [2.24, 2.45) is 0 Å². The lowest BCUT2D eigenvalue weighted by Crippen LogP contribution is -2.34. The Balaban J connectivity index is 1.88. The fourth-order valence-electron chi connectivity index (χ4n) is 4.83. The van der Waals surface area contributed by atoms with E-state index in [-0.39, 0.29) is 16.7 Å². The maximum Gasteiger partial charge on any atom is 0.257 e. The van der Waals surface area contributed by atoms with E-state index in [1.54, 1.807) is 4.90 Å². The van der Waals surface area contributed by atoms with Crippen LogP contribution in [0.5, 0.6) is 0 Å². The number of sulfonamides is 1. The van der Waals surface area contributed by atoms with Crippen LogP contribution in [0.2, 0.25) is 0 Å². The molecule has 2 aromatic rings. The molecule has 10 heteroatoms. The molecule has 3 rings (SSSR count). The molecule has 1 aliphatic rings. The zero-order chi connectivity index (χ0) is 27.9. The summed E-state index contributed by atoms with van der Waals surface area (Å²) in [7, 11) is -3.62. The molecule has 0 bridgehead atoms. The van der Waals surface area contributed by atoms with Gasteiger partial charge in [0.25, 0.3) is 11.8 Å². The molecule has 8 nitrogen and oxygen atoms in total. The van der Waals surface area contributed by atoms with E-state index in [1.165, 1.54) is 39.9 Å². The van der Waals surface area contributed by atoms with Gasteiger partial charge in [-0.15, -0.1) is 11.3 Å². The Bertz CT molecular complexity index is 1200. The van der Waals surface area contributed by atoms with Gasteiger partial charge in [-0.05, 0) is 69.5 Å². The highest BCUT2D eigenvalue weighted by molar-refractivity contribution is 7.89. The van der Waals surface area contributed by atoms with Crippen LogP contribution in [-0.4, -0.2) is 73.6 Å². The smallest absolute Gasteiger partial charge is 0.257 e. The van der Waals surface area contributed by atoms with E-state index < -0.39 is 10.0 Å². The summed E-state index contributed by atoms with van der Waals surface area (Å²) in [6.07, 6.45) is 3.55. The number of nitrogens with one attached hydrogen (secondary N) is 1. The molecule has 2 heterocycles. The van der Waals surface area contributed by atoms with Crippen molar-refractivity contribution in [3.63, 3.8) is 0 Å². The number of thiophene rings is 1. The monoisotopic (exact) mass is 562 g/mol. The van der Waals surface area contributed by atoms with E-state index in [0.717, 1.165) is 55.8 Å². The highest BCUT2D eigenvalue weighted by Gasteiger charge is 2.30. The minimum atomic E-state index is -3.62. The normalized spacial score (nSPS) is 13.9. The van der Waals surface area contributed by atoms with Crippen LogP contribution in [0.1, 0.15) is 85.0 Å². The maximum absolute atomic E-state index is 13.5. The topological polar surface area (TPSA) is 90.0 Å². The molecule has 0 aliphatic carbocycles. The average Bonchev–Trinajstić information content (AvgIpc) is 3.26. The van der Waals surface area contributed by atoms with Gasteiger partial charge in [-0.1, -0.05) is 27.2 Å². The molecule has 2 amide bonds. The minimum Gasteiger partial charge on any atom is -0.339 e. The predicted octanol–water partition coefficient (Wildman–Crippen LogP) is 5.06. The SMILES string of the molecule is CCCCN(CC)S(=O)(=O)c1ccc(C(=O)Nc2sc3c(c2C(=O)N(CC)CC)CCN(CCC)C3)cc1. The van der Waals surface area contributed by atoms with Crippen molar-refractivity contribution in [2.45, 2.75) is 71.7 Å². The van der Waals surface area contributed by atoms with Crippen LogP contribution in [0.15, 0.2) is 29.2 Å². The molecule has 0 saturated carbocycles. The van der Waals surface area contributed by atoms with Crippen LogP contribution in [0, 0.1) is 0 Å². The first-order valence-electron chi connectivity index (χ1n) is 13.8. The summed E-state index contributed by atoms with van der Waals surface area (Å²) in [4.78, 5) is 32.2. The van der Waals surface area contributed by atoms with Gasteiger partial charge in [-0.25, -0.2) is 8.42 Å². The maximum atomic E-state index is 13.5. The first kappa shape index (κ1) is 30.3. The Kier molecular flexibility index (Phi) is 10.9. The Morgan fingerprint density at radius 3 is 2.26 bits per heavy atom. The highest BCUT2D eigenvalue weighted by atomic mass is 32.2. The quantitative estimate of drug-likeness (QED) is 0.369. The Hall–Kier alpha value is -2.27. The summed E-state index contributed by atoms with van der Waals surface area (Å²) in [6.45, 7) is 14.7. The molecule has 0 saturated heterocycles. The van der Waals surface area contributed by atoms with E-state index in [2.05, 4.69) is 17.1 Å². The van der Waals surface area contributed by atoms with Crippen molar-refractivity contribution < 1.29 is 18.0 Å². The van der Waals surface area contributed by atoms with E-state index in [0.29, 0.717) is 42.3 Å². The molecule has 1 aromatic carbocycles. The summed E-state index contributed by atoms with van der Waals surface area (Å²) in [5, 5.41) is 3.56. The zero-order valence-corrected chi connectivity index (χ0v) is 25.0. The van der Waals surface area contributed by atoms with Gasteiger partial charge in [0, 0.05) is 49.7 Å². The first-order chi connectivity index (χ1) is 18.2. The predicted molar refractivity (Wildman–Crippen MR) is 155 cm³/mol. The lowest BCUT2D eigenvalue weighted by atomic mass is 10.0. The van der Waals surface area contributed by atoms with Gasteiger partial charge in [0.05, 0.1) is 10.5 Å². The molecule has 0 atom stereocenters. The molecule has 1 N–H and O–H groups in total. The van der Waals surface area contributed by atoms with Crippen LogP contribution in [0.25, 0.3) is 0 Å². The number of hydrogen-bond donors (Lipinski definition) is 1. The molecule has 1 aromatic heterocycles. The largest absolute Gasteiger partial charge is 0.339 e. The van der Waals surface area contributed by atoms with Crippen LogP contribution in [0.3, 0.4) is 0 Å². The number of carbonyl (C=O) groups excluding carboxylic acids is 2. The van der Waals surface area contributed by atoms with Crippen LogP contribution >= 0.6 is 11.3 Å². The molecule has 0 fully saturated rings. The van der Waals surface area contributed by atoms with Gasteiger partial charge in [-0.3, -0.25) is 14.5 Å². The summed E-state index contributed by atoms with van der Waals surface area (Å²) in [5.74, 6) is -0.412. The number of anilines is 1. The van der Waals surface area contributed by atoms with Crippen molar-refractivity contribution >= 4 is 38.2 Å². The van der Waals surface area contributed by atoms with Gasteiger partial charge in [0.2, 0.25) is 10.0 Å². The average molecular weight is 563 g/mol. The van der Waals surface area contributed by atoms with Crippen molar-refractivity contribution in [2.75, 3.05) is 44.6 Å². The number of amides is 2. The van der Waals surface area contributed by atoms with Gasteiger partial charge < -0.3 is 10.2 Å². The van der Waals surface area contributed by atoms with Crippen molar-refractivity contribution in [1.82, 2.24) is 14.1 Å². The highest BCUT2D eigenvalue weighted by Crippen LogP contribution is 2.38. The molecule has 38 heavy (non-hydrogen) atoms. The second kappa shape index (κ2) is 13.7. The molecule has 1 aliphatic heterocycles. The van der Waals surface area contributed by atoms with Gasteiger partial charge >= 0.3 is 0 Å². The van der Waals surface area contributed by atoms with Crippen LogP contribution in [-0.2, 0) is 23.0 Å². The molecule has 0 unspecified atom stereocenters. The summed E-state index contributed by atoms with van der Waals surface area (Å²) in [5.41, 5.74) is 2.00. The second-order valence-corrected chi connectivity index (χ2v) is 12.6. The summed E-state index contributed by atoms with van der Waals surface area (Å²) in [6, 6.07) is 6.06. The van der Waals surface area contributed by atoms with Crippen molar-refractivity contribution in [3.8, 4) is 0 Å². The van der Waals surface area contributed by atoms with E-state index >= 15 is 0 Å². The second-order valence-electron chi connectivity index (χ2n) is 9.54. The standard InChI is InChI=1S/C28H42N4O4S2/c1-6-11-18-32(10-5)38(35,36)22-14-12-21(13-15-22)26(33)29-27-25(28(34)31(8-3)9-4)23-16-19-30(17-7-2)20-24(23)37-27/h12-15H,6-11,16-20H2,1-5H3,(H,29,33). The third-order valence-corrected chi connectivity index (χ3v) is 10.2. The molecule has 0 radical (unpaired) electrons. The Morgan fingerprint density at radius 2 is 1.68 bits per heavy atom. The number of fused-ring (bicyclic) bond motifs is 1.